The van der Waals surface area contributed by atoms with Crippen molar-refractivity contribution in [3.05, 3.63) is 54.1 Å². The minimum Gasteiger partial charge on any atom is -0.493 e. The van der Waals surface area contributed by atoms with Gasteiger partial charge >= 0.3 is 0 Å². The van der Waals surface area contributed by atoms with Crippen LogP contribution in [0.5, 0.6) is 17.2 Å². The van der Waals surface area contributed by atoms with Crippen LogP contribution in [0.15, 0.2) is 53.5 Å². The smallest absolute Gasteiger partial charge is 0.240 e. The van der Waals surface area contributed by atoms with E-state index in [-0.39, 0.29) is 18.0 Å². The number of rotatable bonds is 7. The first-order valence-electron chi connectivity index (χ1n) is 9.84. The molecule has 0 bridgehead atoms. The third-order valence-electron chi connectivity index (χ3n) is 4.14. The Hall–Kier alpha value is -3.22. The van der Waals surface area contributed by atoms with Crippen molar-refractivity contribution in [1.82, 2.24) is 15.5 Å². The predicted octanol–water partition coefficient (Wildman–Crippen LogP) is 3.41. The maximum absolute atomic E-state index is 12.1. The number of amides is 1. The number of benzene rings is 2. The monoisotopic (exact) mass is 412 g/mol. The lowest BCUT2D eigenvalue weighted by atomic mass is 10.1. The summed E-state index contributed by atoms with van der Waals surface area (Å²) in [6.07, 6.45) is 0. The van der Waals surface area contributed by atoms with E-state index in [0.717, 1.165) is 11.3 Å². The Labute approximate surface area is 179 Å². The lowest BCUT2D eigenvalue weighted by Crippen LogP contribution is -2.48. The molecule has 0 unspecified atom stereocenters. The maximum atomic E-state index is 12.1. The van der Waals surface area contributed by atoms with Gasteiger partial charge in [0.1, 0.15) is 5.75 Å². The van der Waals surface area contributed by atoms with Crippen molar-refractivity contribution in [3.63, 3.8) is 0 Å². The fourth-order valence-corrected chi connectivity index (χ4v) is 2.82. The van der Waals surface area contributed by atoms with E-state index in [0.29, 0.717) is 24.0 Å². The zero-order valence-electron chi connectivity index (χ0n) is 18.7. The highest BCUT2D eigenvalue weighted by Crippen LogP contribution is 2.30. The normalized spacial score (nSPS) is 11.6. The SMILES string of the molecule is CN=C(NCc1ccc(Oc2ccccc2OC)cc1)N(C)CC(=O)NC(C)(C)C. The number of para-hydroxylation sites is 2. The molecule has 0 aliphatic rings. The molecule has 2 N–H and O–H groups in total. The Bertz CT molecular complexity index is 857. The van der Waals surface area contributed by atoms with E-state index in [1.807, 2.05) is 76.3 Å². The Morgan fingerprint density at radius 1 is 1.07 bits per heavy atom. The molecule has 0 heterocycles. The summed E-state index contributed by atoms with van der Waals surface area (Å²) in [5.74, 6) is 2.68. The van der Waals surface area contributed by atoms with E-state index in [4.69, 9.17) is 9.47 Å². The molecule has 0 saturated carbocycles. The molecule has 0 radical (unpaired) electrons. The molecule has 7 heteroatoms. The summed E-state index contributed by atoms with van der Waals surface area (Å²) < 4.78 is 11.2. The molecule has 0 fully saturated rings. The molecule has 0 saturated heterocycles. The van der Waals surface area contributed by atoms with Gasteiger partial charge in [-0.15, -0.1) is 0 Å². The van der Waals surface area contributed by atoms with Crippen LogP contribution in [-0.4, -0.2) is 50.1 Å². The van der Waals surface area contributed by atoms with Gasteiger partial charge < -0.3 is 25.0 Å². The van der Waals surface area contributed by atoms with Crippen molar-refractivity contribution >= 4 is 11.9 Å². The van der Waals surface area contributed by atoms with Gasteiger partial charge in [0.15, 0.2) is 17.5 Å². The van der Waals surface area contributed by atoms with Gasteiger partial charge in [0.05, 0.1) is 13.7 Å². The fraction of sp³-hybridized carbons (Fsp3) is 0.391. The third-order valence-corrected chi connectivity index (χ3v) is 4.14. The summed E-state index contributed by atoms with van der Waals surface area (Å²) in [5.41, 5.74) is 0.804. The Morgan fingerprint density at radius 2 is 1.70 bits per heavy atom. The fourth-order valence-electron chi connectivity index (χ4n) is 2.82. The lowest BCUT2D eigenvalue weighted by molar-refractivity contribution is -0.122. The molecule has 2 aromatic carbocycles. The highest BCUT2D eigenvalue weighted by Gasteiger charge is 2.16. The molecule has 0 atom stereocenters. The average Bonchev–Trinajstić information content (AvgIpc) is 2.68. The highest BCUT2D eigenvalue weighted by atomic mass is 16.5. The number of ether oxygens (including phenoxy) is 2. The number of nitrogens with one attached hydrogen (secondary N) is 2. The van der Waals surface area contributed by atoms with Crippen LogP contribution in [0.25, 0.3) is 0 Å². The quantitative estimate of drug-likeness (QED) is 0.538. The summed E-state index contributed by atoms with van der Waals surface area (Å²) in [4.78, 5) is 18.2. The topological polar surface area (TPSA) is 75.2 Å². The van der Waals surface area contributed by atoms with Crippen LogP contribution in [0.3, 0.4) is 0 Å². The average molecular weight is 413 g/mol. The van der Waals surface area contributed by atoms with Gasteiger partial charge in [0, 0.05) is 26.2 Å². The van der Waals surface area contributed by atoms with Gasteiger partial charge in [-0.25, -0.2) is 0 Å². The molecule has 2 rings (SSSR count). The van der Waals surface area contributed by atoms with Crippen LogP contribution >= 0.6 is 0 Å². The Kier molecular flexibility index (Phi) is 8.09. The standard InChI is InChI=1S/C23H32N4O3/c1-23(2,3)26-21(28)16-27(5)22(24-4)25-15-17-11-13-18(14-12-17)30-20-10-8-7-9-19(20)29-6/h7-14H,15-16H2,1-6H3,(H,24,25)(H,26,28). The van der Waals surface area contributed by atoms with Crippen molar-refractivity contribution in [2.45, 2.75) is 32.9 Å². The summed E-state index contributed by atoms with van der Waals surface area (Å²) >= 11 is 0. The molecule has 30 heavy (non-hydrogen) atoms. The Balaban J connectivity index is 1.91. The minimum atomic E-state index is -0.261. The molecule has 0 spiro atoms. The van der Waals surface area contributed by atoms with Crippen molar-refractivity contribution in [3.8, 4) is 17.2 Å². The first-order chi connectivity index (χ1) is 14.2. The molecule has 162 valence electrons. The zero-order valence-corrected chi connectivity index (χ0v) is 18.7. The first-order valence-corrected chi connectivity index (χ1v) is 9.84. The van der Waals surface area contributed by atoms with E-state index < -0.39 is 0 Å². The second-order valence-electron chi connectivity index (χ2n) is 7.95. The second kappa shape index (κ2) is 10.5. The molecule has 1 amide bonds. The van der Waals surface area contributed by atoms with Gasteiger partial charge in [0.2, 0.25) is 5.91 Å². The van der Waals surface area contributed by atoms with E-state index in [1.165, 1.54) is 0 Å². The van der Waals surface area contributed by atoms with Gasteiger partial charge in [0.25, 0.3) is 0 Å². The maximum Gasteiger partial charge on any atom is 0.240 e. The molecule has 7 nitrogen and oxygen atoms in total. The molecule has 0 aliphatic heterocycles. The van der Waals surface area contributed by atoms with E-state index in [1.54, 1.807) is 19.1 Å². The third kappa shape index (κ3) is 7.31. The lowest BCUT2D eigenvalue weighted by Gasteiger charge is -2.25. The summed E-state index contributed by atoms with van der Waals surface area (Å²) in [5, 5.41) is 6.23. The van der Waals surface area contributed by atoms with Crippen LogP contribution in [0.2, 0.25) is 0 Å². The van der Waals surface area contributed by atoms with Crippen LogP contribution in [0.4, 0.5) is 0 Å². The van der Waals surface area contributed by atoms with Crippen molar-refractivity contribution < 1.29 is 14.3 Å². The largest absolute Gasteiger partial charge is 0.493 e. The summed E-state index contributed by atoms with van der Waals surface area (Å²) in [7, 11) is 5.15. The van der Waals surface area contributed by atoms with Crippen molar-refractivity contribution in [1.29, 1.82) is 0 Å². The van der Waals surface area contributed by atoms with Crippen molar-refractivity contribution in [2.75, 3.05) is 27.7 Å². The number of nitrogens with zero attached hydrogens (tertiary/aromatic N) is 2. The minimum absolute atomic E-state index is 0.0502. The first kappa shape index (κ1) is 23.1. The highest BCUT2D eigenvalue weighted by molar-refractivity contribution is 5.86. The number of hydrogen-bond acceptors (Lipinski definition) is 4. The van der Waals surface area contributed by atoms with E-state index >= 15 is 0 Å². The van der Waals surface area contributed by atoms with Crippen LogP contribution in [0.1, 0.15) is 26.3 Å². The molecule has 0 aromatic heterocycles. The van der Waals surface area contributed by atoms with Crippen LogP contribution in [0, 0.1) is 0 Å². The van der Waals surface area contributed by atoms with Gasteiger partial charge in [-0.05, 0) is 50.6 Å². The van der Waals surface area contributed by atoms with Crippen LogP contribution in [-0.2, 0) is 11.3 Å². The number of guanidine groups is 1. The zero-order chi connectivity index (χ0) is 22.1. The van der Waals surface area contributed by atoms with E-state index in [2.05, 4.69) is 15.6 Å². The molecule has 2 aromatic rings. The summed E-state index contributed by atoms with van der Waals surface area (Å²) in [6.45, 7) is 6.67. The van der Waals surface area contributed by atoms with Gasteiger partial charge in [-0.3, -0.25) is 9.79 Å². The second-order valence-corrected chi connectivity index (χ2v) is 7.95. The number of hydrogen-bond donors (Lipinski definition) is 2. The molecular formula is C23H32N4O3. The van der Waals surface area contributed by atoms with Gasteiger partial charge in [-0.2, -0.15) is 0 Å². The number of aliphatic imine (C=N–C) groups is 1. The van der Waals surface area contributed by atoms with E-state index in [9.17, 15) is 4.79 Å². The van der Waals surface area contributed by atoms with Crippen LogP contribution < -0.4 is 20.1 Å². The number of carbonyl (C=O) groups is 1. The molecule has 0 aliphatic carbocycles. The predicted molar refractivity (Wildman–Crippen MR) is 120 cm³/mol. The number of likely N-dealkylation sites (N-methyl/N-ethyl adjacent to an activating group) is 1. The Morgan fingerprint density at radius 3 is 2.27 bits per heavy atom. The number of methoxy groups -OCH3 is 1. The number of carbonyl (C=O) groups excluding carboxylic acids is 1. The van der Waals surface area contributed by atoms with Gasteiger partial charge in [-0.1, -0.05) is 24.3 Å². The van der Waals surface area contributed by atoms with Crippen molar-refractivity contribution in [2.24, 2.45) is 4.99 Å². The molecular weight excluding hydrogens is 380 g/mol. The summed E-state index contributed by atoms with van der Waals surface area (Å²) in [6, 6.07) is 15.3.